The van der Waals surface area contributed by atoms with E-state index in [-0.39, 0.29) is 12.5 Å². The molecule has 0 radical (unpaired) electrons. The molecule has 20 heavy (non-hydrogen) atoms. The molecule has 5 heteroatoms. The van der Waals surface area contributed by atoms with Crippen molar-refractivity contribution in [3.8, 4) is 17.2 Å². The van der Waals surface area contributed by atoms with Gasteiger partial charge in [0.2, 0.25) is 5.91 Å². The third-order valence-corrected chi connectivity index (χ3v) is 2.62. The minimum absolute atomic E-state index is 0.0422. The van der Waals surface area contributed by atoms with E-state index in [0.717, 1.165) is 0 Å². The first kappa shape index (κ1) is 13.9. The molecule has 104 valence electrons. The Morgan fingerprint density at radius 3 is 2.35 bits per heavy atom. The van der Waals surface area contributed by atoms with Crippen molar-refractivity contribution >= 4 is 11.6 Å². The molecule has 0 atom stereocenters. The third-order valence-electron chi connectivity index (χ3n) is 2.62. The van der Waals surface area contributed by atoms with E-state index in [4.69, 9.17) is 15.2 Å². The van der Waals surface area contributed by atoms with Crippen molar-refractivity contribution in [2.24, 2.45) is 5.73 Å². The fourth-order valence-corrected chi connectivity index (χ4v) is 1.65. The van der Waals surface area contributed by atoms with Crippen LogP contribution in [0.3, 0.4) is 0 Å². The number of ether oxygens (including phenoxy) is 2. The smallest absolute Gasteiger partial charge is 0.238 e. The van der Waals surface area contributed by atoms with Crippen LogP contribution in [0.2, 0.25) is 0 Å². The fraction of sp³-hybridized carbons (Fsp3) is 0.133. The molecule has 0 saturated heterocycles. The van der Waals surface area contributed by atoms with Crippen LogP contribution < -0.4 is 20.5 Å². The number of para-hydroxylation sites is 2. The van der Waals surface area contributed by atoms with Crippen LogP contribution in [0.1, 0.15) is 0 Å². The standard InChI is InChI=1S/C15H16N2O3/c1-19-13-4-2-3-5-14(13)20-12-8-6-11(7-9-12)17-15(18)10-16/h2-9H,10,16H2,1H3,(H,17,18). The van der Waals surface area contributed by atoms with Crippen molar-refractivity contribution in [2.75, 3.05) is 19.0 Å². The van der Waals surface area contributed by atoms with Gasteiger partial charge >= 0.3 is 0 Å². The van der Waals surface area contributed by atoms with Crippen molar-refractivity contribution in [2.45, 2.75) is 0 Å². The summed E-state index contributed by atoms with van der Waals surface area (Å²) in [6.45, 7) is -0.0422. The number of nitrogens with one attached hydrogen (secondary N) is 1. The number of benzene rings is 2. The van der Waals surface area contributed by atoms with Crippen molar-refractivity contribution < 1.29 is 14.3 Å². The van der Waals surface area contributed by atoms with Gasteiger partial charge in [-0.05, 0) is 36.4 Å². The van der Waals surface area contributed by atoms with Gasteiger partial charge in [-0.25, -0.2) is 0 Å². The van der Waals surface area contributed by atoms with Gasteiger partial charge in [-0.1, -0.05) is 12.1 Å². The molecule has 0 saturated carbocycles. The average Bonchev–Trinajstić information content (AvgIpc) is 2.49. The van der Waals surface area contributed by atoms with Gasteiger partial charge in [0.05, 0.1) is 13.7 Å². The van der Waals surface area contributed by atoms with E-state index in [1.54, 1.807) is 31.4 Å². The van der Waals surface area contributed by atoms with Gasteiger partial charge in [-0.3, -0.25) is 4.79 Å². The van der Waals surface area contributed by atoms with Crippen LogP contribution in [0, 0.1) is 0 Å². The summed E-state index contributed by atoms with van der Waals surface area (Å²) in [5.41, 5.74) is 5.91. The molecule has 2 aromatic rings. The first-order valence-corrected chi connectivity index (χ1v) is 6.14. The summed E-state index contributed by atoms with van der Waals surface area (Å²) in [4.78, 5) is 11.2. The highest BCUT2D eigenvalue weighted by Crippen LogP contribution is 2.31. The fourth-order valence-electron chi connectivity index (χ4n) is 1.65. The maximum atomic E-state index is 11.2. The number of anilines is 1. The Hall–Kier alpha value is -2.53. The van der Waals surface area contributed by atoms with Gasteiger partial charge < -0.3 is 20.5 Å². The van der Waals surface area contributed by atoms with Crippen molar-refractivity contribution in [1.29, 1.82) is 0 Å². The number of methoxy groups -OCH3 is 1. The SMILES string of the molecule is COc1ccccc1Oc1ccc(NC(=O)CN)cc1. The van der Waals surface area contributed by atoms with Crippen LogP contribution in [0.5, 0.6) is 17.2 Å². The maximum absolute atomic E-state index is 11.2. The second kappa shape index (κ2) is 6.58. The number of carbonyl (C=O) groups is 1. The van der Waals surface area contributed by atoms with E-state index < -0.39 is 0 Å². The zero-order valence-electron chi connectivity index (χ0n) is 11.1. The second-order valence-corrected chi connectivity index (χ2v) is 4.03. The zero-order valence-corrected chi connectivity index (χ0v) is 11.1. The molecule has 0 aliphatic heterocycles. The van der Waals surface area contributed by atoms with Gasteiger partial charge in [0, 0.05) is 5.69 Å². The molecule has 2 rings (SSSR count). The predicted octanol–water partition coefficient (Wildman–Crippen LogP) is 2.38. The van der Waals surface area contributed by atoms with E-state index >= 15 is 0 Å². The minimum Gasteiger partial charge on any atom is -0.493 e. The number of amides is 1. The lowest BCUT2D eigenvalue weighted by molar-refractivity contribution is -0.114. The van der Waals surface area contributed by atoms with E-state index in [1.807, 2.05) is 24.3 Å². The van der Waals surface area contributed by atoms with Gasteiger partial charge in [0.25, 0.3) is 0 Å². The van der Waals surface area contributed by atoms with Crippen LogP contribution in [0.15, 0.2) is 48.5 Å². The number of hydrogen-bond donors (Lipinski definition) is 2. The Balaban J connectivity index is 2.09. The molecule has 2 aromatic carbocycles. The van der Waals surface area contributed by atoms with Crippen LogP contribution in [-0.2, 0) is 4.79 Å². The molecule has 3 N–H and O–H groups in total. The average molecular weight is 272 g/mol. The minimum atomic E-state index is -0.233. The molecule has 0 fully saturated rings. The number of rotatable bonds is 5. The Kier molecular flexibility index (Phi) is 4.57. The Morgan fingerprint density at radius 2 is 1.75 bits per heavy atom. The lowest BCUT2D eigenvalue weighted by Crippen LogP contribution is -2.21. The first-order valence-electron chi connectivity index (χ1n) is 6.14. The Bertz CT molecular complexity index is 582. The maximum Gasteiger partial charge on any atom is 0.238 e. The molecule has 0 heterocycles. The van der Waals surface area contributed by atoms with Crippen LogP contribution >= 0.6 is 0 Å². The normalized spacial score (nSPS) is 9.90. The Labute approximate surface area is 117 Å². The van der Waals surface area contributed by atoms with Gasteiger partial charge in [0.1, 0.15) is 5.75 Å². The first-order chi connectivity index (χ1) is 9.72. The highest BCUT2D eigenvalue weighted by Gasteiger charge is 2.04. The summed E-state index contributed by atoms with van der Waals surface area (Å²) in [7, 11) is 1.59. The van der Waals surface area contributed by atoms with Crippen LogP contribution in [0.25, 0.3) is 0 Å². The van der Waals surface area contributed by atoms with Crippen molar-refractivity contribution in [3.05, 3.63) is 48.5 Å². The molecule has 1 amide bonds. The number of nitrogens with two attached hydrogens (primary N) is 1. The van der Waals surface area contributed by atoms with Crippen LogP contribution in [0.4, 0.5) is 5.69 Å². The van der Waals surface area contributed by atoms with E-state index in [1.165, 1.54) is 0 Å². The van der Waals surface area contributed by atoms with Crippen molar-refractivity contribution in [1.82, 2.24) is 0 Å². The predicted molar refractivity (Wildman–Crippen MR) is 77.2 cm³/mol. The molecule has 0 bridgehead atoms. The Morgan fingerprint density at radius 1 is 1.10 bits per heavy atom. The molecule has 5 nitrogen and oxygen atoms in total. The number of hydrogen-bond acceptors (Lipinski definition) is 4. The van der Waals surface area contributed by atoms with Gasteiger partial charge in [-0.15, -0.1) is 0 Å². The second-order valence-electron chi connectivity index (χ2n) is 4.03. The van der Waals surface area contributed by atoms with Crippen LogP contribution in [-0.4, -0.2) is 19.6 Å². The molecule has 0 aliphatic carbocycles. The summed E-state index contributed by atoms with van der Waals surface area (Å²) in [6, 6.07) is 14.4. The largest absolute Gasteiger partial charge is 0.493 e. The summed E-state index contributed by atoms with van der Waals surface area (Å²) >= 11 is 0. The monoisotopic (exact) mass is 272 g/mol. The lowest BCUT2D eigenvalue weighted by atomic mass is 10.3. The summed E-state index contributed by atoms with van der Waals surface area (Å²) < 4.78 is 10.9. The molecule has 0 aliphatic rings. The highest BCUT2D eigenvalue weighted by molar-refractivity contribution is 5.92. The summed E-state index contributed by atoms with van der Waals surface area (Å²) in [6.07, 6.45) is 0. The zero-order chi connectivity index (χ0) is 14.4. The summed E-state index contributed by atoms with van der Waals surface area (Å²) in [5.74, 6) is 1.71. The highest BCUT2D eigenvalue weighted by atomic mass is 16.5. The quantitative estimate of drug-likeness (QED) is 0.876. The van der Waals surface area contributed by atoms with E-state index in [9.17, 15) is 4.79 Å². The summed E-state index contributed by atoms with van der Waals surface area (Å²) in [5, 5.41) is 2.66. The van der Waals surface area contributed by atoms with Crippen molar-refractivity contribution in [3.63, 3.8) is 0 Å². The molecule has 0 spiro atoms. The van der Waals surface area contributed by atoms with Gasteiger partial charge in [-0.2, -0.15) is 0 Å². The third kappa shape index (κ3) is 3.49. The number of carbonyl (C=O) groups excluding carboxylic acids is 1. The lowest BCUT2D eigenvalue weighted by Gasteiger charge is -2.10. The molecular formula is C15H16N2O3. The van der Waals surface area contributed by atoms with E-state index in [0.29, 0.717) is 22.9 Å². The topological polar surface area (TPSA) is 73.6 Å². The van der Waals surface area contributed by atoms with Gasteiger partial charge in [0.15, 0.2) is 11.5 Å². The molecule has 0 unspecified atom stereocenters. The molecular weight excluding hydrogens is 256 g/mol. The van der Waals surface area contributed by atoms with E-state index in [2.05, 4.69) is 5.32 Å². The molecule has 0 aromatic heterocycles.